The Balaban J connectivity index is 1.33. The third-order valence-electron chi connectivity index (χ3n) is 5.56. The molecule has 6 heteroatoms. The molecule has 0 fully saturated rings. The minimum absolute atomic E-state index is 0.0622. The number of benzene rings is 1. The summed E-state index contributed by atoms with van der Waals surface area (Å²) in [5, 5.41) is 2.06. The van der Waals surface area contributed by atoms with Crippen LogP contribution in [-0.4, -0.2) is 26.9 Å². The number of amides is 1. The summed E-state index contributed by atoms with van der Waals surface area (Å²) in [6, 6.07) is 14.1. The van der Waals surface area contributed by atoms with Crippen molar-refractivity contribution in [2.24, 2.45) is 0 Å². The van der Waals surface area contributed by atoms with Crippen LogP contribution in [0.15, 0.2) is 64.7 Å². The Morgan fingerprint density at radius 2 is 1.97 bits per heavy atom. The lowest BCUT2D eigenvalue weighted by Crippen LogP contribution is -2.38. The molecule has 1 amide bonds. The number of nitrogens with zero attached hydrogens (tertiary/aromatic N) is 3. The second-order valence-corrected chi connectivity index (χ2v) is 8.85. The zero-order valence-electron chi connectivity index (χ0n) is 17.0. The Labute approximate surface area is 179 Å². The minimum atomic E-state index is 0.0622. The first-order valence-corrected chi connectivity index (χ1v) is 11.0. The zero-order valence-corrected chi connectivity index (χ0v) is 17.9. The van der Waals surface area contributed by atoms with E-state index in [0.717, 1.165) is 40.5 Å². The van der Waals surface area contributed by atoms with Crippen LogP contribution in [0, 0.1) is 0 Å². The molecule has 0 aliphatic carbocycles. The topological polar surface area (TPSA) is 51.3 Å². The molecule has 0 N–H and O–H groups in total. The van der Waals surface area contributed by atoms with Gasteiger partial charge in [-0.25, -0.2) is 4.98 Å². The highest BCUT2D eigenvalue weighted by atomic mass is 32.1. The van der Waals surface area contributed by atoms with Gasteiger partial charge in [-0.3, -0.25) is 4.79 Å². The molecule has 4 heterocycles. The van der Waals surface area contributed by atoms with E-state index in [0.29, 0.717) is 19.0 Å². The van der Waals surface area contributed by atoms with Gasteiger partial charge in [0.15, 0.2) is 0 Å². The molecule has 0 bridgehead atoms. The van der Waals surface area contributed by atoms with Gasteiger partial charge in [0.2, 0.25) is 0 Å². The monoisotopic (exact) mass is 417 g/mol. The standard InChI is InChI=1S/C24H23N3O2S/c1-16(2)21-12-19(15-29-21)23-25-13-20-14-26(9-10-27(20)23)24(28)18-7-5-17(6-8-18)22-4-3-11-30-22/h3-8,11-13,15-16H,9-10,14H2,1-2H3. The maximum atomic E-state index is 13.0. The summed E-state index contributed by atoms with van der Waals surface area (Å²) in [4.78, 5) is 20.8. The maximum absolute atomic E-state index is 13.0. The fraction of sp³-hybridized carbons (Fsp3) is 0.250. The largest absolute Gasteiger partial charge is 0.468 e. The predicted octanol–water partition coefficient (Wildman–Crippen LogP) is 5.65. The van der Waals surface area contributed by atoms with Gasteiger partial charge in [-0.05, 0) is 35.2 Å². The van der Waals surface area contributed by atoms with E-state index in [1.165, 1.54) is 4.88 Å². The van der Waals surface area contributed by atoms with Crippen molar-refractivity contribution in [2.75, 3.05) is 6.54 Å². The third-order valence-corrected chi connectivity index (χ3v) is 6.48. The summed E-state index contributed by atoms with van der Waals surface area (Å²) in [7, 11) is 0. The molecule has 0 saturated heterocycles. The summed E-state index contributed by atoms with van der Waals surface area (Å²) in [5.41, 5.74) is 3.91. The van der Waals surface area contributed by atoms with Crippen LogP contribution >= 0.6 is 11.3 Å². The highest BCUT2D eigenvalue weighted by molar-refractivity contribution is 7.13. The quantitative estimate of drug-likeness (QED) is 0.431. The van der Waals surface area contributed by atoms with Gasteiger partial charge in [0.05, 0.1) is 24.0 Å². The van der Waals surface area contributed by atoms with Gasteiger partial charge in [0.1, 0.15) is 17.8 Å². The highest BCUT2D eigenvalue weighted by Gasteiger charge is 2.25. The summed E-state index contributed by atoms with van der Waals surface area (Å²) < 4.78 is 7.87. The Kier molecular flexibility index (Phi) is 4.79. The molecule has 4 aromatic rings. The second kappa shape index (κ2) is 7.61. The van der Waals surface area contributed by atoms with E-state index >= 15 is 0 Å². The molecule has 5 nitrogen and oxygen atoms in total. The Hall–Kier alpha value is -3.12. The van der Waals surface area contributed by atoms with Crippen molar-refractivity contribution in [3.8, 4) is 21.8 Å². The van der Waals surface area contributed by atoms with E-state index in [1.807, 2.05) is 41.4 Å². The van der Waals surface area contributed by atoms with Crippen LogP contribution in [0.1, 0.15) is 41.6 Å². The fourth-order valence-corrected chi connectivity index (χ4v) is 4.59. The number of aromatic nitrogens is 2. The lowest BCUT2D eigenvalue weighted by Gasteiger charge is -2.29. The number of fused-ring (bicyclic) bond motifs is 1. The molecule has 3 aromatic heterocycles. The summed E-state index contributed by atoms with van der Waals surface area (Å²) >= 11 is 1.70. The van der Waals surface area contributed by atoms with E-state index < -0.39 is 0 Å². The van der Waals surface area contributed by atoms with Crippen molar-refractivity contribution in [3.05, 3.63) is 77.3 Å². The van der Waals surface area contributed by atoms with Gasteiger partial charge in [-0.15, -0.1) is 11.3 Å². The minimum Gasteiger partial charge on any atom is -0.468 e. The number of hydrogen-bond acceptors (Lipinski definition) is 4. The Morgan fingerprint density at radius 1 is 1.13 bits per heavy atom. The van der Waals surface area contributed by atoms with Gasteiger partial charge < -0.3 is 13.9 Å². The number of carbonyl (C=O) groups is 1. The predicted molar refractivity (Wildman–Crippen MR) is 119 cm³/mol. The number of furan rings is 1. The lowest BCUT2D eigenvalue weighted by atomic mass is 10.1. The van der Waals surface area contributed by atoms with E-state index in [2.05, 4.69) is 40.9 Å². The molecule has 0 saturated carbocycles. The van der Waals surface area contributed by atoms with E-state index in [4.69, 9.17) is 4.42 Å². The van der Waals surface area contributed by atoms with Crippen molar-refractivity contribution < 1.29 is 9.21 Å². The molecule has 1 aliphatic heterocycles. The van der Waals surface area contributed by atoms with Crippen molar-refractivity contribution in [3.63, 3.8) is 0 Å². The molecule has 30 heavy (non-hydrogen) atoms. The second-order valence-electron chi connectivity index (χ2n) is 7.90. The zero-order chi connectivity index (χ0) is 20.7. The first kappa shape index (κ1) is 18.9. The number of imidazole rings is 1. The highest BCUT2D eigenvalue weighted by Crippen LogP contribution is 2.29. The molecule has 0 radical (unpaired) electrons. The molecule has 1 aromatic carbocycles. The lowest BCUT2D eigenvalue weighted by molar-refractivity contribution is 0.0712. The fourth-order valence-electron chi connectivity index (χ4n) is 3.86. The third kappa shape index (κ3) is 3.37. The molecule has 0 spiro atoms. The molecular weight excluding hydrogens is 394 g/mol. The summed E-state index contributed by atoms with van der Waals surface area (Å²) in [5.74, 6) is 2.27. The van der Waals surface area contributed by atoms with Crippen molar-refractivity contribution in [2.45, 2.75) is 32.9 Å². The number of hydrogen-bond donors (Lipinski definition) is 0. The van der Waals surface area contributed by atoms with Gasteiger partial charge in [0, 0.05) is 29.4 Å². The van der Waals surface area contributed by atoms with Crippen molar-refractivity contribution >= 4 is 17.2 Å². The van der Waals surface area contributed by atoms with Crippen molar-refractivity contribution in [1.29, 1.82) is 0 Å². The van der Waals surface area contributed by atoms with Crippen LogP contribution in [0.2, 0.25) is 0 Å². The Bertz CT molecular complexity index is 1170. The van der Waals surface area contributed by atoms with Crippen molar-refractivity contribution in [1.82, 2.24) is 14.5 Å². The number of rotatable bonds is 4. The molecule has 0 atom stereocenters. The molecular formula is C24H23N3O2S. The van der Waals surface area contributed by atoms with Crippen LogP contribution in [0.25, 0.3) is 21.8 Å². The smallest absolute Gasteiger partial charge is 0.254 e. The van der Waals surface area contributed by atoms with Gasteiger partial charge in [-0.2, -0.15) is 0 Å². The van der Waals surface area contributed by atoms with Gasteiger partial charge in [0.25, 0.3) is 5.91 Å². The van der Waals surface area contributed by atoms with Crippen LogP contribution in [0.4, 0.5) is 0 Å². The van der Waals surface area contributed by atoms with Gasteiger partial charge in [-0.1, -0.05) is 32.0 Å². The van der Waals surface area contributed by atoms with Crippen LogP contribution in [0.5, 0.6) is 0 Å². The first-order chi connectivity index (χ1) is 14.6. The van der Waals surface area contributed by atoms with Crippen LogP contribution in [-0.2, 0) is 13.1 Å². The molecule has 0 unspecified atom stereocenters. The summed E-state index contributed by atoms with van der Waals surface area (Å²) in [6.45, 7) is 6.18. The average molecular weight is 418 g/mol. The van der Waals surface area contributed by atoms with Crippen LogP contribution in [0.3, 0.4) is 0 Å². The summed E-state index contributed by atoms with van der Waals surface area (Å²) in [6.07, 6.45) is 3.65. The number of thiophene rings is 1. The number of carbonyl (C=O) groups excluding carboxylic acids is 1. The van der Waals surface area contributed by atoms with Gasteiger partial charge >= 0.3 is 0 Å². The normalized spacial score (nSPS) is 13.6. The molecule has 1 aliphatic rings. The van der Waals surface area contributed by atoms with Crippen LogP contribution < -0.4 is 0 Å². The Morgan fingerprint density at radius 3 is 2.67 bits per heavy atom. The first-order valence-electron chi connectivity index (χ1n) is 10.2. The van der Waals surface area contributed by atoms with E-state index in [9.17, 15) is 4.79 Å². The SMILES string of the molecule is CC(C)c1cc(-c2ncc3n2CCN(C(=O)c2ccc(-c4cccs4)cc2)C3)co1. The van der Waals surface area contributed by atoms with E-state index in [-0.39, 0.29) is 5.91 Å². The molecule has 152 valence electrons. The maximum Gasteiger partial charge on any atom is 0.254 e. The average Bonchev–Trinajstić information content (AvgIpc) is 3.53. The van der Waals surface area contributed by atoms with E-state index in [1.54, 1.807) is 17.6 Å². The molecule has 5 rings (SSSR count).